The predicted molar refractivity (Wildman–Crippen MR) is 72.3 cm³/mol. The minimum Gasteiger partial charge on any atom is -0.373 e. The Labute approximate surface area is 113 Å². The Morgan fingerprint density at radius 1 is 1.53 bits per heavy atom. The summed E-state index contributed by atoms with van der Waals surface area (Å²) in [5.41, 5.74) is 0.826. The van der Waals surface area contributed by atoms with Crippen molar-refractivity contribution in [2.45, 2.75) is 25.0 Å². The predicted octanol–water partition coefficient (Wildman–Crippen LogP) is 0.883. The summed E-state index contributed by atoms with van der Waals surface area (Å²) in [5, 5.41) is 3.10. The second kappa shape index (κ2) is 5.35. The highest BCUT2D eigenvalue weighted by Gasteiger charge is 2.30. The maximum absolute atomic E-state index is 12.6. The van der Waals surface area contributed by atoms with Crippen molar-refractivity contribution in [1.82, 2.24) is 14.8 Å². The first-order valence-electron chi connectivity index (χ1n) is 7.02. The molecule has 2 fully saturated rings. The van der Waals surface area contributed by atoms with Gasteiger partial charge in [0.1, 0.15) is 5.69 Å². The molecule has 0 spiro atoms. The minimum absolute atomic E-state index is 0.104. The van der Waals surface area contributed by atoms with Crippen LogP contribution in [0.15, 0.2) is 18.3 Å². The molecule has 5 nitrogen and oxygen atoms in total. The number of likely N-dealkylation sites (N-methyl/N-ethyl adjacent to an activating group) is 1. The van der Waals surface area contributed by atoms with Crippen LogP contribution in [-0.2, 0) is 4.74 Å². The SMILES string of the molecule is CNCC1CN(C(=O)c2cccn2C2CC2)CCO1. The Morgan fingerprint density at radius 2 is 2.37 bits per heavy atom. The van der Waals surface area contributed by atoms with Gasteiger partial charge >= 0.3 is 0 Å². The number of carbonyl (C=O) groups excluding carboxylic acids is 1. The molecule has 0 aromatic carbocycles. The van der Waals surface area contributed by atoms with Gasteiger partial charge < -0.3 is 19.5 Å². The first-order chi connectivity index (χ1) is 9.29. The van der Waals surface area contributed by atoms with Crippen LogP contribution in [0, 0.1) is 0 Å². The molecule has 1 aromatic heterocycles. The molecular formula is C14H21N3O2. The van der Waals surface area contributed by atoms with Crippen molar-refractivity contribution in [1.29, 1.82) is 0 Å². The summed E-state index contributed by atoms with van der Waals surface area (Å²) in [7, 11) is 1.91. The van der Waals surface area contributed by atoms with Gasteiger partial charge in [0, 0.05) is 31.9 Å². The summed E-state index contributed by atoms with van der Waals surface area (Å²) in [6.45, 7) is 2.78. The number of carbonyl (C=O) groups is 1. The highest BCUT2D eigenvalue weighted by Crippen LogP contribution is 2.36. The molecule has 1 aliphatic carbocycles. The Kier molecular flexibility index (Phi) is 3.57. The zero-order valence-electron chi connectivity index (χ0n) is 11.3. The van der Waals surface area contributed by atoms with Crippen LogP contribution >= 0.6 is 0 Å². The van der Waals surface area contributed by atoms with Crippen molar-refractivity contribution in [2.24, 2.45) is 0 Å². The first kappa shape index (κ1) is 12.7. The Balaban J connectivity index is 1.70. The summed E-state index contributed by atoms with van der Waals surface area (Å²) in [5.74, 6) is 0.140. The highest BCUT2D eigenvalue weighted by atomic mass is 16.5. The molecule has 104 valence electrons. The Bertz CT molecular complexity index is 451. The van der Waals surface area contributed by atoms with Gasteiger partial charge in [-0.25, -0.2) is 0 Å². The molecule has 0 radical (unpaired) electrons. The largest absolute Gasteiger partial charge is 0.373 e. The molecular weight excluding hydrogens is 242 g/mol. The van der Waals surface area contributed by atoms with E-state index in [1.54, 1.807) is 0 Å². The van der Waals surface area contributed by atoms with E-state index in [0.29, 0.717) is 25.7 Å². The fourth-order valence-corrected chi connectivity index (χ4v) is 2.66. The Morgan fingerprint density at radius 3 is 3.11 bits per heavy atom. The smallest absolute Gasteiger partial charge is 0.270 e. The number of morpholine rings is 1. The van der Waals surface area contributed by atoms with E-state index < -0.39 is 0 Å². The molecule has 1 aromatic rings. The van der Waals surface area contributed by atoms with Crippen LogP contribution in [0.2, 0.25) is 0 Å². The second-order valence-electron chi connectivity index (χ2n) is 5.33. The number of ether oxygens (including phenoxy) is 1. The van der Waals surface area contributed by atoms with Crippen LogP contribution in [0.4, 0.5) is 0 Å². The van der Waals surface area contributed by atoms with Crippen LogP contribution in [-0.4, -0.2) is 54.8 Å². The van der Waals surface area contributed by atoms with E-state index in [1.807, 2.05) is 30.3 Å². The summed E-state index contributed by atoms with van der Waals surface area (Å²) in [6.07, 6.45) is 4.52. The van der Waals surface area contributed by atoms with Gasteiger partial charge in [-0.3, -0.25) is 4.79 Å². The van der Waals surface area contributed by atoms with Gasteiger partial charge in [-0.1, -0.05) is 0 Å². The number of hydrogen-bond acceptors (Lipinski definition) is 3. The number of aromatic nitrogens is 1. The van der Waals surface area contributed by atoms with Crippen molar-refractivity contribution >= 4 is 5.91 Å². The number of nitrogens with one attached hydrogen (secondary N) is 1. The van der Waals surface area contributed by atoms with E-state index in [9.17, 15) is 4.79 Å². The molecule has 5 heteroatoms. The average molecular weight is 263 g/mol. The third-order valence-corrected chi connectivity index (χ3v) is 3.80. The van der Waals surface area contributed by atoms with Crippen LogP contribution in [0.25, 0.3) is 0 Å². The second-order valence-corrected chi connectivity index (χ2v) is 5.33. The summed E-state index contributed by atoms with van der Waals surface area (Å²) in [4.78, 5) is 14.5. The lowest BCUT2D eigenvalue weighted by Gasteiger charge is -2.33. The van der Waals surface area contributed by atoms with Crippen molar-refractivity contribution in [3.8, 4) is 0 Å². The number of nitrogens with zero attached hydrogens (tertiary/aromatic N) is 2. The monoisotopic (exact) mass is 263 g/mol. The van der Waals surface area contributed by atoms with Gasteiger partial charge in [0.15, 0.2) is 0 Å². The van der Waals surface area contributed by atoms with E-state index in [4.69, 9.17) is 4.74 Å². The maximum Gasteiger partial charge on any atom is 0.270 e. The number of amides is 1. The van der Waals surface area contributed by atoms with Gasteiger partial charge in [-0.15, -0.1) is 0 Å². The summed E-state index contributed by atoms with van der Waals surface area (Å²) < 4.78 is 7.77. The van der Waals surface area contributed by atoms with Crippen LogP contribution in [0.1, 0.15) is 29.4 Å². The third-order valence-electron chi connectivity index (χ3n) is 3.80. The molecule has 2 heterocycles. The quantitative estimate of drug-likeness (QED) is 0.877. The molecule has 19 heavy (non-hydrogen) atoms. The van der Waals surface area contributed by atoms with Gasteiger partial charge in [-0.05, 0) is 32.0 Å². The zero-order chi connectivity index (χ0) is 13.2. The van der Waals surface area contributed by atoms with Crippen LogP contribution in [0.3, 0.4) is 0 Å². The van der Waals surface area contributed by atoms with E-state index in [2.05, 4.69) is 9.88 Å². The Hall–Kier alpha value is -1.33. The summed E-state index contributed by atoms with van der Waals surface area (Å²) in [6, 6.07) is 4.45. The molecule has 1 saturated carbocycles. The molecule has 1 atom stereocenters. The molecule has 1 amide bonds. The fraction of sp³-hybridized carbons (Fsp3) is 0.643. The van der Waals surface area contributed by atoms with Gasteiger partial charge in [0.2, 0.25) is 0 Å². The standard InChI is InChI=1S/C14H21N3O2/c1-15-9-12-10-16(7-8-19-12)14(18)13-3-2-6-17(13)11-4-5-11/h2-3,6,11-12,15H,4-5,7-10H2,1H3. The highest BCUT2D eigenvalue weighted by molar-refractivity contribution is 5.93. The van der Waals surface area contributed by atoms with Crippen LogP contribution in [0.5, 0.6) is 0 Å². The van der Waals surface area contributed by atoms with E-state index in [-0.39, 0.29) is 12.0 Å². The van der Waals surface area contributed by atoms with E-state index in [1.165, 1.54) is 12.8 Å². The van der Waals surface area contributed by atoms with Gasteiger partial charge in [0.25, 0.3) is 5.91 Å². The molecule has 1 aliphatic heterocycles. The summed E-state index contributed by atoms with van der Waals surface area (Å²) >= 11 is 0. The molecule has 1 N–H and O–H groups in total. The first-order valence-corrected chi connectivity index (χ1v) is 7.02. The molecule has 2 aliphatic rings. The van der Waals surface area contributed by atoms with Crippen molar-refractivity contribution < 1.29 is 9.53 Å². The van der Waals surface area contributed by atoms with E-state index in [0.717, 1.165) is 12.2 Å². The molecule has 1 saturated heterocycles. The lowest BCUT2D eigenvalue weighted by Crippen LogP contribution is -2.48. The minimum atomic E-state index is 0.104. The van der Waals surface area contributed by atoms with Crippen molar-refractivity contribution in [3.05, 3.63) is 24.0 Å². The maximum atomic E-state index is 12.6. The third kappa shape index (κ3) is 2.67. The molecule has 0 bridgehead atoms. The fourth-order valence-electron chi connectivity index (χ4n) is 2.66. The van der Waals surface area contributed by atoms with Crippen molar-refractivity contribution in [2.75, 3.05) is 33.3 Å². The lowest BCUT2D eigenvalue weighted by atomic mass is 10.2. The van der Waals surface area contributed by atoms with E-state index >= 15 is 0 Å². The average Bonchev–Trinajstić information content (AvgIpc) is 3.16. The van der Waals surface area contributed by atoms with Crippen molar-refractivity contribution in [3.63, 3.8) is 0 Å². The molecule has 1 unspecified atom stereocenters. The van der Waals surface area contributed by atoms with Gasteiger partial charge in [-0.2, -0.15) is 0 Å². The number of hydrogen-bond donors (Lipinski definition) is 1. The number of rotatable bonds is 4. The normalized spacial score (nSPS) is 23.6. The zero-order valence-corrected chi connectivity index (χ0v) is 11.3. The van der Waals surface area contributed by atoms with Gasteiger partial charge in [0.05, 0.1) is 12.7 Å². The molecule has 3 rings (SSSR count). The van der Waals surface area contributed by atoms with Crippen LogP contribution < -0.4 is 5.32 Å². The topological polar surface area (TPSA) is 46.5 Å². The lowest BCUT2D eigenvalue weighted by molar-refractivity contribution is -0.0199.